The predicted molar refractivity (Wildman–Crippen MR) is 162 cm³/mol. The summed E-state index contributed by atoms with van der Waals surface area (Å²) in [4.78, 5) is 18.8. The van der Waals surface area contributed by atoms with Gasteiger partial charge in [0.25, 0.3) is 0 Å². The number of benzene rings is 4. The highest BCUT2D eigenvalue weighted by molar-refractivity contribution is 6.01. The van der Waals surface area contributed by atoms with E-state index < -0.39 is 17.2 Å². The summed E-state index contributed by atoms with van der Waals surface area (Å²) < 4.78 is 35.5. The van der Waals surface area contributed by atoms with E-state index in [1.165, 1.54) is 23.4 Å². The van der Waals surface area contributed by atoms with Crippen LogP contribution in [0.4, 0.5) is 25.0 Å². The number of piperazine rings is 1. The normalized spacial score (nSPS) is 15.1. The molecule has 0 spiro atoms. The number of nitrogens with zero attached hydrogens (tertiary/aromatic N) is 5. The Labute approximate surface area is 252 Å². The highest BCUT2D eigenvalue weighted by atomic mass is 19.1. The van der Waals surface area contributed by atoms with Crippen LogP contribution in [-0.4, -0.2) is 63.7 Å². The van der Waals surface area contributed by atoms with E-state index in [1.54, 1.807) is 12.1 Å². The number of fused-ring (bicyclic) bond motifs is 1. The quantitative estimate of drug-likeness (QED) is 0.229. The lowest BCUT2D eigenvalue weighted by Crippen LogP contribution is -2.54. The van der Waals surface area contributed by atoms with Crippen molar-refractivity contribution in [1.29, 1.82) is 0 Å². The molecule has 1 aliphatic rings. The maximum absolute atomic E-state index is 14.7. The van der Waals surface area contributed by atoms with Crippen LogP contribution in [0, 0.1) is 11.6 Å². The Morgan fingerprint density at radius 1 is 0.955 bits per heavy atom. The van der Waals surface area contributed by atoms with Gasteiger partial charge >= 0.3 is 6.03 Å². The number of aliphatic hydroxyl groups is 1. The maximum atomic E-state index is 14.7. The highest BCUT2D eigenvalue weighted by Gasteiger charge is 2.35. The number of ether oxygens (including phenoxy) is 1. The third kappa shape index (κ3) is 6.61. The summed E-state index contributed by atoms with van der Waals surface area (Å²) in [7, 11) is 0. The van der Waals surface area contributed by atoms with Crippen molar-refractivity contribution in [3.8, 4) is 5.75 Å². The standard InChI is InChI=1S/C32H31F2N7O3/c33-24-8-13-28(29(34)18-24)32(43,19-41-22-35-21-36-41)20-44-26-11-9-25(10-12-26)39-14-16-40(17-15-39)38-31(42)37-30-7-3-5-23-4-1-2-6-27(23)30/h1-13,18,21-22,43H,14-17,19-20H2,(H2,37,38,42). The van der Waals surface area contributed by atoms with E-state index in [2.05, 4.69) is 25.7 Å². The second-order valence-electron chi connectivity index (χ2n) is 10.6. The van der Waals surface area contributed by atoms with E-state index in [1.807, 2.05) is 59.6 Å². The molecule has 1 aliphatic heterocycles. The molecular formula is C32H31F2N7O3. The average Bonchev–Trinajstić information content (AvgIpc) is 3.53. The van der Waals surface area contributed by atoms with Gasteiger partial charge in [-0.25, -0.2) is 28.3 Å². The second kappa shape index (κ2) is 12.7. The Kier molecular flexibility index (Phi) is 8.35. The SMILES string of the molecule is O=C(Nc1cccc2ccccc12)NN1CCN(c2ccc(OCC(O)(Cn3cncn3)c3ccc(F)cc3F)cc2)CC1. The van der Waals surface area contributed by atoms with Crippen molar-refractivity contribution >= 4 is 28.2 Å². The van der Waals surface area contributed by atoms with Crippen molar-refractivity contribution in [3.63, 3.8) is 0 Å². The fraction of sp³-hybridized carbons (Fsp3) is 0.219. The second-order valence-corrected chi connectivity index (χ2v) is 10.6. The zero-order valence-corrected chi connectivity index (χ0v) is 23.7. The van der Waals surface area contributed by atoms with Gasteiger partial charge in [-0.1, -0.05) is 42.5 Å². The molecule has 0 saturated carbocycles. The van der Waals surface area contributed by atoms with E-state index in [9.17, 15) is 18.7 Å². The number of hydrogen-bond acceptors (Lipinski definition) is 7. The van der Waals surface area contributed by atoms with E-state index in [0.29, 0.717) is 31.9 Å². The van der Waals surface area contributed by atoms with Gasteiger partial charge in [0, 0.05) is 48.9 Å². The number of hydrogen-bond donors (Lipinski definition) is 3. The number of nitrogens with one attached hydrogen (secondary N) is 2. The summed E-state index contributed by atoms with van der Waals surface area (Å²) in [6.07, 6.45) is 2.70. The van der Waals surface area contributed by atoms with E-state index in [-0.39, 0.29) is 24.7 Å². The molecule has 4 aromatic carbocycles. The molecule has 44 heavy (non-hydrogen) atoms. The van der Waals surface area contributed by atoms with Crippen LogP contribution in [-0.2, 0) is 12.1 Å². The molecule has 3 N–H and O–H groups in total. The van der Waals surface area contributed by atoms with Crippen LogP contribution in [0.15, 0.2) is 97.6 Å². The number of urea groups is 1. The monoisotopic (exact) mass is 599 g/mol. The molecule has 1 saturated heterocycles. The van der Waals surface area contributed by atoms with Gasteiger partial charge in [-0.05, 0) is 41.8 Å². The summed E-state index contributed by atoms with van der Waals surface area (Å²) in [6.45, 7) is 2.18. The van der Waals surface area contributed by atoms with Gasteiger partial charge in [-0.3, -0.25) is 5.43 Å². The minimum atomic E-state index is -1.84. The fourth-order valence-corrected chi connectivity index (χ4v) is 5.32. The Bertz CT molecular complexity index is 1720. The number of carbonyl (C=O) groups excluding carboxylic acids is 1. The molecule has 1 fully saturated rings. The van der Waals surface area contributed by atoms with Crippen LogP contribution in [0.5, 0.6) is 5.75 Å². The molecule has 0 radical (unpaired) electrons. The zero-order chi connectivity index (χ0) is 30.5. The maximum Gasteiger partial charge on any atom is 0.333 e. The molecule has 226 valence electrons. The number of hydrazine groups is 1. The summed E-state index contributed by atoms with van der Waals surface area (Å²) in [5.74, 6) is -1.16. The lowest BCUT2D eigenvalue weighted by Gasteiger charge is -2.36. The van der Waals surface area contributed by atoms with Crippen LogP contribution in [0.3, 0.4) is 0 Å². The molecular weight excluding hydrogens is 568 g/mol. The topological polar surface area (TPSA) is 108 Å². The largest absolute Gasteiger partial charge is 0.490 e. The van der Waals surface area contributed by atoms with Crippen molar-refractivity contribution in [1.82, 2.24) is 25.2 Å². The van der Waals surface area contributed by atoms with Crippen LogP contribution >= 0.6 is 0 Å². The molecule has 2 amide bonds. The van der Waals surface area contributed by atoms with Gasteiger partial charge in [0.1, 0.15) is 42.2 Å². The van der Waals surface area contributed by atoms with Gasteiger partial charge in [0.05, 0.1) is 12.2 Å². The highest BCUT2D eigenvalue weighted by Crippen LogP contribution is 2.29. The molecule has 1 atom stereocenters. The smallest absolute Gasteiger partial charge is 0.333 e. The Morgan fingerprint density at radius 3 is 2.48 bits per heavy atom. The fourth-order valence-electron chi connectivity index (χ4n) is 5.32. The summed E-state index contributed by atoms with van der Waals surface area (Å²) in [6, 6.07) is 23.8. The third-order valence-electron chi connectivity index (χ3n) is 7.58. The van der Waals surface area contributed by atoms with Crippen LogP contribution in [0.25, 0.3) is 10.8 Å². The molecule has 5 aromatic rings. The lowest BCUT2D eigenvalue weighted by molar-refractivity contribution is -0.0297. The van der Waals surface area contributed by atoms with Gasteiger partial charge in [0.2, 0.25) is 0 Å². The Balaban J connectivity index is 1.03. The van der Waals surface area contributed by atoms with Crippen molar-refractivity contribution in [2.45, 2.75) is 12.1 Å². The van der Waals surface area contributed by atoms with Crippen LogP contribution in [0.1, 0.15) is 5.56 Å². The first-order valence-corrected chi connectivity index (χ1v) is 14.1. The summed E-state index contributed by atoms with van der Waals surface area (Å²) in [5, 5.41) is 22.3. The first-order chi connectivity index (χ1) is 21.4. The number of carbonyl (C=O) groups is 1. The van der Waals surface area contributed by atoms with Gasteiger partial charge in [-0.2, -0.15) is 5.10 Å². The van der Waals surface area contributed by atoms with Gasteiger partial charge < -0.3 is 20.1 Å². The van der Waals surface area contributed by atoms with Crippen molar-refractivity contribution in [2.24, 2.45) is 0 Å². The molecule has 0 bridgehead atoms. The molecule has 12 heteroatoms. The number of halogens is 2. The minimum Gasteiger partial charge on any atom is -0.490 e. The number of amides is 2. The average molecular weight is 600 g/mol. The first kappa shape index (κ1) is 29.0. The molecule has 6 rings (SSSR count). The minimum absolute atomic E-state index is 0.108. The van der Waals surface area contributed by atoms with Crippen molar-refractivity contribution in [2.75, 3.05) is 43.0 Å². The molecule has 0 aliphatic carbocycles. The number of anilines is 2. The number of rotatable bonds is 9. The van der Waals surface area contributed by atoms with Crippen LogP contribution in [0.2, 0.25) is 0 Å². The Morgan fingerprint density at radius 2 is 1.73 bits per heavy atom. The van der Waals surface area contributed by atoms with Crippen molar-refractivity contribution < 1.29 is 23.4 Å². The predicted octanol–water partition coefficient (Wildman–Crippen LogP) is 4.54. The lowest BCUT2D eigenvalue weighted by atomic mass is 9.94. The van der Waals surface area contributed by atoms with Gasteiger partial charge in [0.15, 0.2) is 0 Å². The third-order valence-corrected chi connectivity index (χ3v) is 7.58. The molecule has 10 nitrogen and oxygen atoms in total. The van der Waals surface area contributed by atoms with E-state index in [4.69, 9.17) is 4.74 Å². The first-order valence-electron chi connectivity index (χ1n) is 14.1. The summed E-state index contributed by atoms with van der Waals surface area (Å²) >= 11 is 0. The van der Waals surface area contributed by atoms with Crippen molar-refractivity contribution in [3.05, 3.63) is 115 Å². The molecule has 1 aromatic heterocycles. The molecule has 1 unspecified atom stereocenters. The van der Waals surface area contributed by atoms with E-state index in [0.717, 1.165) is 34.3 Å². The summed E-state index contributed by atoms with van der Waals surface area (Å²) in [5.41, 5.74) is 2.71. The van der Waals surface area contributed by atoms with E-state index >= 15 is 0 Å². The zero-order valence-electron chi connectivity index (χ0n) is 23.7. The Hall–Kier alpha value is -5.07. The van der Waals surface area contributed by atoms with Crippen LogP contribution < -0.4 is 20.4 Å². The number of aromatic nitrogens is 3. The molecule has 2 heterocycles. The van der Waals surface area contributed by atoms with Gasteiger partial charge in [-0.15, -0.1) is 0 Å².